The van der Waals surface area contributed by atoms with Crippen molar-refractivity contribution < 1.29 is 4.43 Å². The Kier molecular flexibility index (Phi) is 18.8. The fourth-order valence-corrected chi connectivity index (χ4v) is 5.77. The molecule has 0 bridgehead atoms. The molecule has 0 unspecified atom stereocenters. The summed E-state index contributed by atoms with van der Waals surface area (Å²) in [4.78, 5) is 7.40. The Balaban J connectivity index is 4.95. The predicted octanol–water partition coefficient (Wildman–Crippen LogP) is 4.49. The third-order valence-corrected chi connectivity index (χ3v) is 8.62. The van der Waals surface area contributed by atoms with Crippen molar-refractivity contribution in [3.63, 3.8) is 0 Å². The van der Waals surface area contributed by atoms with E-state index in [4.69, 9.17) is 4.43 Å². The largest absolute Gasteiger partial charge is 0.424 e. The molecule has 0 heterocycles. The highest BCUT2D eigenvalue weighted by molar-refractivity contribution is 6.27. The maximum absolute atomic E-state index is 6.18. The Morgan fingerprint density at radius 2 is 1.07 bits per heavy atom. The van der Waals surface area contributed by atoms with Gasteiger partial charge < -0.3 is 19.1 Å². The number of hydrogen-bond acceptors (Lipinski definition) is 4. The van der Waals surface area contributed by atoms with Crippen LogP contribution in [0.3, 0.4) is 0 Å². The topological polar surface area (TPSA) is 19.0 Å². The van der Waals surface area contributed by atoms with Gasteiger partial charge in [-0.3, -0.25) is 0 Å². The van der Waals surface area contributed by atoms with Gasteiger partial charge in [0.1, 0.15) is 0 Å². The summed E-state index contributed by atoms with van der Waals surface area (Å²) >= 11 is 0. The van der Waals surface area contributed by atoms with Crippen molar-refractivity contribution in [1.29, 1.82) is 0 Å². The molecule has 0 atom stereocenters. The Labute approximate surface area is 186 Å². The molecule has 0 aliphatic carbocycles. The van der Waals surface area contributed by atoms with Crippen LogP contribution in [0.4, 0.5) is 0 Å². The minimum Gasteiger partial charge on any atom is -0.424 e. The molecule has 5 heteroatoms. The normalized spacial score (nSPS) is 13.0. The Hall–Kier alpha value is 0.0569. The Bertz CT molecular complexity index is 316. The van der Waals surface area contributed by atoms with Gasteiger partial charge in [-0.25, -0.2) is 0 Å². The lowest BCUT2D eigenvalue weighted by molar-refractivity contribution is 0.186. The summed E-state index contributed by atoms with van der Waals surface area (Å²) < 4.78 is 6.18. The SMILES string of the molecule is CCCCO[SiH2]CC(CCCN(C)CC)(CCCN(C)CC)CCCN(C)CC. The first-order valence-electron chi connectivity index (χ1n) is 12.6. The van der Waals surface area contributed by atoms with Crippen LogP contribution in [-0.4, -0.2) is 91.5 Å². The molecule has 0 aliphatic heterocycles. The van der Waals surface area contributed by atoms with E-state index in [0.717, 1.165) is 26.2 Å². The van der Waals surface area contributed by atoms with E-state index in [1.165, 1.54) is 77.0 Å². The third-order valence-electron chi connectivity index (χ3n) is 6.78. The molecular formula is C24H55N3OSi. The molecule has 0 aromatic carbocycles. The lowest BCUT2D eigenvalue weighted by Gasteiger charge is -2.36. The molecule has 0 radical (unpaired) electrons. The molecule has 0 aliphatic rings. The minimum atomic E-state index is -0.412. The van der Waals surface area contributed by atoms with Crippen LogP contribution in [0.25, 0.3) is 0 Å². The zero-order valence-electron chi connectivity index (χ0n) is 21.3. The second-order valence-corrected chi connectivity index (χ2v) is 10.5. The van der Waals surface area contributed by atoms with Crippen molar-refractivity contribution in [2.75, 3.05) is 67.0 Å². The van der Waals surface area contributed by atoms with Gasteiger partial charge in [0, 0.05) is 6.61 Å². The molecule has 0 amide bonds. The summed E-state index contributed by atoms with van der Waals surface area (Å²) in [5.41, 5.74) is 0.510. The highest BCUT2D eigenvalue weighted by Gasteiger charge is 2.29. The average Bonchev–Trinajstić information content (AvgIpc) is 2.72. The number of hydrogen-bond donors (Lipinski definition) is 0. The van der Waals surface area contributed by atoms with Gasteiger partial charge in [-0.1, -0.05) is 34.1 Å². The van der Waals surface area contributed by atoms with E-state index in [-0.39, 0.29) is 0 Å². The zero-order chi connectivity index (χ0) is 22.0. The van der Waals surface area contributed by atoms with Gasteiger partial charge in [0.2, 0.25) is 0 Å². The van der Waals surface area contributed by atoms with E-state index in [0.29, 0.717) is 5.41 Å². The van der Waals surface area contributed by atoms with Crippen LogP contribution >= 0.6 is 0 Å². The monoisotopic (exact) mass is 429 g/mol. The van der Waals surface area contributed by atoms with E-state index in [1.54, 1.807) is 0 Å². The number of rotatable bonds is 21. The Morgan fingerprint density at radius 1 is 0.655 bits per heavy atom. The molecule has 0 fully saturated rings. The lowest BCUT2D eigenvalue weighted by Crippen LogP contribution is -2.30. The van der Waals surface area contributed by atoms with Crippen LogP contribution in [0.2, 0.25) is 6.04 Å². The predicted molar refractivity (Wildman–Crippen MR) is 134 cm³/mol. The standard InChI is InChI=1S/C24H55N3OSi/c1-8-12-22-28-29-23-24(16-13-19-25(5)9-2,17-14-20-26(6)10-3)18-15-21-27(7)11-4/h8-23,29H2,1-7H3. The van der Waals surface area contributed by atoms with E-state index in [9.17, 15) is 0 Å². The maximum atomic E-state index is 6.18. The van der Waals surface area contributed by atoms with Crippen molar-refractivity contribution in [2.45, 2.75) is 85.1 Å². The molecule has 0 aromatic heterocycles. The first-order chi connectivity index (χ1) is 13.9. The first kappa shape index (κ1) is 29.1. The van der Waals surface area contributed by atoms with Crippen LogP contribution in [0.15, 0.2) is 0 Å². The molecule has 29 heavy (non-hydrogen) atoms. The fourth-order valence-electron chi connectivity index (χ4n) is 4.03. The van der Waals surface area contributed by atoms with Crippen LogP contribution in [0, 0.1) is 5.41 Å². The van der Waals surface area contributed by atoms with Gasteiger partial charge in [0.25, 0.3) is 0 Å². The summed E-state index contributed by atoms with van der Waals surface area (Å²) in [5.74, 6) is 0. The van der Waals surface area contributed by atoms with Gasteiger partial charge in [-0.2, -0.15) is 0 Å². The lowest BCUT2D eigenvalue weighted by atomic mass is 9.76. The van der Waals surface area contributed by atoms with Crippen molar-refractivity contribution in [2.24, 2.45) is 5.41 Å². The van der Waals surface area contributed by atoms with Gasteiger partial charge in [-0.05, 0) is 117 Å². The summed E-state index contributed by atoms with van der Waals surface area (Å²) in [6.07, 6.45) is 10.6. The van der Waals surface area contributed by atoms with Gasteiger partial charge in [0.15, 0.2) is 9.76 Å². The molecule has 176 valence electrons. The minimum absolute atomic E-state index is 0.412. The van der Waals surface area contributed by atoms with Crippen molar-refractivity contribution >= 4 is 9.76 Å². The van der Waals surface area contributed by atoms with Crippen molar-refractivity contribution in [3.8, 4) is 0 Å². The van der Waals surface area contributed by atoms with Gasteiger partial charge >= 0.3 is 0 Å². The highest BCUT2D eigenvalue weighted by atomic mass is 28.2. The first-order valence-corrected chi connectivity index (χ1v) is 14.1. The molecule has 0 N–H and O–H groups in total. The van der Waals surface area contributed by atoms with E-state index < -0.39 is 9.76 Å². The van der Waals surface area contributed by atoms with Crippen LogP contribution in [-0.2, 0) is 4.43 Å². The summed E-state index contributed by atoms with van der Waals surface area (Å²) in [7, 11) is 6.37. The van der Waals surface area contributed by atoms with Crippen molar-refractivity contribution in [3.05, 3.63) is 0 Å². The molecule has 0 saturated heterocycles. The van der Waals surface area contributed by atoms with E-state index >= 15 is 0 Å². The molecular weight excluding hydrogens is 374 g/mol. The second kappa shape index (κ2) is 18.8. The molecule has 4 nitrogen and oxygen atoms in total. The third kappa shape index (κ3) is 15.5. The molecule has 0 saturated carbocycles. The molecule has 0 rings (SSSR count). The number of nitrogens with zero attached hydrogens (tertiary/aromatic N) is 3. The highest BCUT2D eigenvalue weighted by Crippen LogP contribution is 2.39. The van der Waals surface area contributed by atoms with Crippen LogP contribution < -0.4 is 0 Å². The summed E-state index contributed by atoms with van der Waals surface area (Å²) in [6.45, 7) is 17.2. The average molecular weight is 430 g/mol. The Morgan fingerprint density at radius 3 is 1.41 bits per heavy atom. The maximum Gasteiger partial charge on any atom is 0.162 e. The summed E-state index contributed by atoms with van der Waals surface area (Å²) in [6, 6.07) is 1.37. The fraction of sp³-hybridized carbons (Fsp3) is 1.00. The summed E-state index contributed by atoms with van der Waals surface area (Å²) in [5, 5.41) is 0. The molecule has 0 aromatic rings. The van der Waals surface area contributed by atoms with Gasteiger partial charge in [0.05, 0.1) is 0 Å². The van der Waals surface area contributed by atoms with Crippen LogP contribution in [0.1, 0.15) is 79.1 Å². The van der Waals surface area contributed by atoms with Crippen molar-refractivity contribution in [1.82, 2.24) is 14.7 Å². The quantitative estimate of drug-likeness (QED) is 0.198. The molecule has 0 spiro atoms. The second-order valence-electron chi connectivity index (χ2n) is 9.21. The van der Waals surface area contributed by atoms with Crippen LogP contribution in [0.5, 0.6) is 0 Å². The number of unbranched alkanes of at least 4 members (excludes halogenated alkanes) is 1. The van der Waals surface area contributed by atoms with E-state index in [2.05, 4.69) is 63.5 Å². The zero-order valence-corrected chi connectivity index (χ0v) is 22.7. The van der Waals surface area contributed by atoms with Gasteiger partial charge in [-0.15, -0.1) is 0 Å². The smallest absolute Gasteiger partial charge is 0.162 e. The van der Waals surface area contributed by atoms with E-state index in [1.807, 2.05) is 0 Å².